The van der Waals surface area contributed by atoms with Crippen molar-refractivity contribution in [1.29, 1.82) is 0 Å². The quantitative estimate of drug-likeness (QED) is 0.806. The Morgan fingerprint density at radius 2 is 1.64 bits per heavy atom. The molecule has 0 atom stereocenters. The van der Waals surface area contributed by atoms with Gasteiger partial charge in [-0.25, -0.2) is 0 Å². The first kappa shape index (κ1) is 18.5. The highest BCUT2D eigenvalue weighted by atomic mass is 16.2. The first-order valence-electron chi connectivity index (χ1n) is 8.55. The lowest BCUT2D eigenvalue weighted by Gasteiger charge is -2.22. The highest BCUT2D eigenvalue weighted by Crippen LogP contribution is 2.23. The number of hydrogen-bond acceptors (Lipinski definition) is 3. The number of benzene rings is 2. The monoisotopic (exact) mass is 339 g/mol. The highest BCUT2D eigenvalue weighted by molar-refractivity contribution is 5.96. The summed E-state index contributed by atoms with van der Waals surface area (Å²) in [6.07, 6.45) is 0.429. The van der Waals surface area contributed by atoms with E-state index < -0.39 is 0 Å². The molecule has 2 amide bonds. The molecule has 132 valence electrons. The second-order valence-electron chi connectivity index (χ2n) is 5.71. The third-order valence-electron chi connectivity index (χ3n) is 4.04. The smallest absolute Gasteiger partial charge is 0.246 e. The minimum atomic E-state index is -0.0300. The van der Waals surface area contributed by atoms with Gasteiger partial charge in [-0.2, -0.15) is 0 Å². The van der Waals surface area contributed by atoms with Crippen LogP contribution in [-0.2, 0) is 9.59 Å². The van der Waals surface area contributed by atoms with Crippen molar-refractivity contribution in [3.05, 3.63) is 54.1 Å². The largest absolute Gasteiger partial charge is 0.376 e. The molecule has 2 aromatic rings. The number of carbonyl (C=O) groups excluding carboxylic acids is 2. The van der Waals surface area contributed by atoms with E-state index in [9.17, 15) is 9.59 Å². The van der Waals surface area contributed by atoms with E-state index >= 15 is 0 Å². The Bertz CT molecular complexity index is 729. The van der Waals surface area contributed by atoms with Crippen LogP contribution in [0.2, 0.25) is 0 Å². The van der Waals surface area contributed by atoms with Crippen molar-refractivity contribution in [2.75, 3.05) is 28.6 Å². The predicted molar refractivity (Wildman–Crippen MR) is 103 cm³/mol. The van der Waals surface area contributed by atoms with E-state index in [1.54, 1.807) is 4.90 Å². The number of anilines is 3. The third kappa shape index (κ3) is 4.83. The first-order valence-corrected chi connectivity index (χ1v) is 8.55. The van der Waals surface area contributed by atoms with Gasteiger partial charge in [-0.1, -0.05) is 31.2 Å². The molecule has 0 saturated heterocycles. The third-order valence-corrected chi connectivity index (χ3v) is 4.04. The fraction of sp³-hybridized carbons (Fsp3) is 0.300. The number of likely N-dealkylation sites (N-methyl/N-ethyl adjacent to an activating group) is 1. The van der Waals surface area contributed by atoms with E-state index in [4.69, 9.17) is 0 Å². The van der Waals surface area contributed by atoms with E-state index in [-0.39, 0.29) is 18.4 Å². The van der Waals surface area contributed by atoms with Crippen molar-refractivity contribution < 1.29 is 9.59 Å². The molecular formula is C20H25N3O2. The Morgan fingerprint density at radius 1 is 0.960 bits per heavy atom. The van der Waals surface area contributed by atoms with Crippen LogP contribution in [0.4, 0.5) is 17.1 Å². The van der Waals surface area contributed by atoms with Gasteiger partial charge < -0.3 is 15.5 Å². The summed E-state index contributed by atoms with van der Waals surface area (Å²) in [7, 11) is 0. The molecule has 0 aromatic heterocycles. The molecular weight excluding hydrogens is 314 g/mol. The summed E-state index contributed by atoms with van der Waals surface area (Å²) in [6, 6.07) is 15.2. The van der Waals surface area contributed by atoms with E-state index in [1.165, 1.54) is 0 Å². The molecule has 2 N–H and O–H groups in total. The summed E-state index contributed by atoms with van der Waals surface area (Å²) >= 11 is 0. The predicted octanol–water partition coefficient (Wildman–Crippen LogP) is 3.81. The molecule has 0 heterocycles. The van der Waals surface area contributed by atoms with Gasteiger partial charge >= 0.3 is 0 Å². The maximum absolute atomic E-state index is 12.6. The molecule has 0 saturated carbocycles. The van der Waals surface area contributed by atoms with Gasteiger partial charge in [0.2, 0.25) is 11.8 Å². The van der Waals surface area contributed by atoms with Gasteiger partial charge in [-0.3, -0.25) is 9.59 Å². The summed E-state index contributed by atoms with van der Waals surface area (Å²) in [5, 5.41) is 6.06. The molecule has 0 radical (unpaired) electrons. The van der Waals surface area contributed by atoms with Crippen molar-refractivity contribution in [2.24, 2.45) is 0 Å². The van der Waals surface area contributed by atoms with E-state index in [1.807, 2.05) is 69.3 Å². The molecule has 0 unspecified atom stereocenters. The maximum Gasteiger partial charge on any atom is 0.246 e. The highest BCUT2D eigenvalue weighted by Gasteiger charge is 2.14. The average molecular weight is 339 g/mol. The molecule has 25 heavy (non-hydrogen) atoms. The number of para-hydroxylation sites is 1. The Hall–Kier alpha value is -2.82. The van der Waals surface area contributed by atoms with Crippen LogP contribution in [0.5, 0.6) is 0 Å². The molecule has 0 fully saturated rings. The summed E-state index contributed by atoms with van der Waals surface area (Å²) in [5.74, 6) is -0.0336. The molecule has 0 aliphatic heterocycles. The van der Waals surface area contributed by atoms with Gasteiger partial charge in [0, 0.05) is 30.0 Å². The van der Waals surface area contributed by atoms with Crippen LogP contribution in [0.15, 0.2) is 48.5 Å². The SMILES string of the molecule is CCC(=O)Nc1cccc(NCC(=O)N(CC)c2ccccc2)c1C. The van der Waals surface area contributed by atoms with Gasteiger partial charge in [-0.05, 0) is 43.7 Å². The number of rotatable bonds is 7. The standard InChI is InChI=1S/C20H25N3O2/c1-4-19(24)22-18-13-9-12-17(15(18)3)21-14-20(25)23(5-2)16-10-7-6-8-11-16/h6-13,21H,4-5,14H2,1-3H3,(H,22,24). The summed E-state index contributed by atoms with van der Waals surface area (Å²) in [4.78, 5) is 25.9. The normalized spacial score (nSPS) is 10.2. The fourth-order valence-electron chi connectivity index (χ4n) is 2.58. The lowest BCUT2D eigenvalue weighted by atomic mass is 10.1. The lowest BCUT2D eigenvalue weighted by molar-refractivity contribution is -0.117. The zero-order valence-electron chi connectivity index (χ0n) is 15.0. The van der Waals surface area contributed by atoms with Crippen molar-refractivity contribution >= 4 is 28.9 Å². The Labute approximate surface area is 149 Å². The zero-order chi connectivity index (χ0) is 18.2. The zero-order valence-corrected chi connectivity index (χ0v) is 15.0. The molecule has 0 aliphatic carbocycles. The van der Waals surface area contributed by atoms with Gasteiger partial charge in [0.25, 0.3) is 0 Å². The molecule has 2 aromatic carbocycles. The van der Waals surface area contributed by atoms with Crippen molar-refractivity contribution in [3.63, 3.8) is 0 Å². The van der Waals surface area contributed by atoms with Gasteiger partial charge in [-0.15, -0.1) is 0 Å². The first-order chi connectivity index (χ1) is 12.1. The summed E-state index contributed by atoms with van der Waals surface area (Å²) in [6.45, 7) is 6.49. The second-order valence-corrected chi connectivity index (χ2v) is 5.71. The van der Waals surface area contributed by atoms with Gasteiger partial charge in [0.15, 0.2) is 0 Å². The molecule has 0 bridgehead atoms. The molecule has 5 heteroatoms. The summed E-state index contributed by atoms with van der Waals surface area (Å²) in [5.41, 5.74) is 3.41. The number of nitrogens with one attached hydrogen (secondary N) is 2. The Balaban J connectivity index is 2.06. The average Bonchev–Trinajstić information content (AvgIpc) is 2.63. The van der Waals surface area contributed by atoms with Crippen LogP contribution in [0.1, 0.15) is 25.8 Å². The van der Waals surface area contributed by atoms with Crippen molar-refractivity contribution in [2.45, 2.75) is 27.2 Å². The maximum atomic E-state index is 12.6. The number of amides is 2. The van der Waals surface area contributed by atoms with Crippen LogP contribution in [-0.4, -0.2) is 24.9 Å². The lowest BCUT2D eigenvalue weighted by Crippen LogP contribution is -2.35. The number of hydrogen-bond donors (Lipinski definition) is 2. The van der Waals surface area contributed by atoms with Crippen molar-refractivity contribution in [1.82, 2.24) is 0 Å². The summed E-state index contributed by atoms with van der Waals surface area (Å²) < 4.78 is 0. The Morgan fingerprint density at radius 3 is 2.28 bits per heavy atom. The van der Waals surface area contributed by atoms with Crippen LogP contribution in [0, 0.1) is 6.92 Å². The minimum absolute atomic E-state index is 0.00361. The van der Waals surface area contributed by atoms with Gasteiger partial charge in [0.05, 0.1) is 6.54 Å². The Kier molecular flexibility index (Phi) is 6.57. The fourth-order valence-corrected chi connectivity index (χ4v) is 2.58. The molecule has 5 nitrogen and oxygen atoms in total. The van der Waals surface area contributed by atoms with Crippen LogP contribution in [0.25, 0.3) is 0 Å². The molecule has 0 aliphatic rings. The van der Waals surface area contributed by atoms with E-state index in [0.717, 1.165) is 22.6 Å². The molecule has 0 spiro atoms. The van der Waals surface area contributed by atoms with Gasteiger partial charge in [0.1, 0.15) is 0 Å². The topological polar surface area (TPSA) is 61.4 Å². The number of nitrogens with zero attached hydrogens (tertiary/aromatic N) is 1. The van der Waals surface area contributed by atoms with Crippen molar-refractivity contribution in [3.8, 4) is 0 Å². The minimum Gasteiger partial charge on any atom is -0.376 e. The van der Waals surface area contributed by atoms with Crippen LogP contribution < -0.4 is 15.5 Å². The number of carbonyl (C=O) groups is 2. The molecule has 2 rings (SSSR count). The van der Waals surface area contributed by atoms with Crippen LogP contribution in [0.3, 0.4) is 0 Å². The van der Waals surface area contributed by atoms with Crippen LogP contribution >= 0.6 is 0 Å². The second kappa shape index (κ2) is 8.87. The van der Waals surface area contributed by atoms with E-state index in [2.05, 4.69) is 10.6 Å². The van der Waals surface area contributed by atoms with E-state index in [0.29, 0.717) is 13.0 Å².